The smallest absolute Gasteiger partial charge is 0.306 e. The maximum atomic E-state index is 12.6. The van der Waals surface area contributed by atoms with Crippen molar-refractivity contribution < 1.29 is 28.6 Å². The molecule has 0 saturated carbocycles. The van der Waals surface area contributed by atoms with Crippen LogP contribution >= 0.6 is 0 Å². The predicted molar refractivity (Wildman–Crippen MR) is 215 cm³/mol. The molecule has 0 saturated heterocycles. The Bertz CT molecular complexity index is 753. The summed E-state index contributed by atoms with van der Waals surface area (Å²) >= 11 is 0. The van der Waals surface area contributed by atoms with Gasteiger partial charge in [0.05, 0.1) is 0 Å². The molecular formula is C45H86O6. The molecule has 0 heterocycles. The third kappa shape index (κ3) is 39.5. The fraction of sp³-hybridized carbons (Fsp3) is 0.933. The van der Waals surface area contributed by atoms with Crippen LogP contribution in [0.15, 0.2) is 0 Å². The summed E-state index contributed by atoms with van der Waals surface area (Å²) < 4.78 is 16.6. The molecule has 0 bridgehead atoms. The predicted octanol–water partition coefficient (Wildman–Crippen LogP) is 14.1. The first kappa shape index (κ1) is 49.4. The van der Waals surface area contributed by atoms with Crippen molar-refractivity contribution in [2.75, 3.05) is 13.2 Å². The Balaban J connectivity index is 4.08. The minimum absolute atomic E-state index is 0.0641. The second-order valence-electron chi connectivity index (χ2n) is 15.3. The normalized spacial score (nSPS) is 11.8. The number of rotatable bonds is 41. The lowest BCUT2D eigenvalue weighted by Crippen LogP contribution is -2.30. The Morgan fingerprint density at radius 1 is 0.314 bits per heavy atom. The Hall–Kier alpha value is -1.59. The van der Waals surface area contributed by atoms with E-state index < -0.39 is 6.10 Å². The van der Waals surface area contributed by atoms with Gasteiger partial charge in [-0.25, -0.2) is 0 Å². The number of hydrogen-bond donors (Lipinski definition) is 0. The lowest BCUT2D eigenvalue weighted by atomic mass is 10.0. The standard InChI is InChI=1S/C45H86O6/c1-4-7-10-13-16-17-18-19-20-21-22-23-24-25-26-27-30-32-35-38-44(47)50-41-42(51-45(48)39-36-33-29-15-12-9-6-3)40-49-43(46)37-34-31-28-14-11-8-5-2/h42H,4-41H2,1-3H3/t42-/m0/s1. The van der Waals surface area contributed by atoms with E-state index in [9.17, 15) is 14.4 Å². The zero-order valence-corrected chi connectivity index (χ0v) is 34.4. The first-order valence-corrected chi connectivity index (χ1v) is 22.5. The summed E-state index contributed by atoms with van der Waals surface area (Å²) in [5.41, 5.74) is 0. The Morgan fingerprint density at radius 3 is 0.784 bits per heavy atom. The third-order valence-electron chi connectivity index (χ3n) is 10.1. The molecule has 6 heteroatoms. The molecule has 6 nitrogen and oxygen atoms in total. The summed E-state index contributed by atoms with van der Waals surface area (Å²) in [5, 5.41) is 0. The molecule has 1 atom stereocenters. The molecule has 0 aliphatic carbocycles. The van der Waals surface area contributed by atoms with Gasteiger partial charge in [-0.05, 0) is 19.3 Å². The molecule has 0 unspecified atom stereocenters. The molecule has 51 heavy (non-hydrogen) atoms. The molecule has 0 amide bonds. The average molecular weight is 723 g/mol. The zero-order valence-electron chi connectivity index (χ0n) is 34.4. The van der Waals surface area contributed by atoms with E-state index in [1.54, 1.807) is 0 Å². The van der Waals surface area contributed by atoms with E-state index in [-0.39, 0.29) is 31.1 Å². The number of esters is 3. The van der Waals surface area contributed by atoms with Gasteiger partial charge < -0.3 is 14.2 Å². The minimum Gasteiger partial charge on any atom is -0.462 e. The third-order valence-corrected chi connectivity index (χ3v) is 10.1. The Labute approximate surface area is 317 Å². The van der Waals surface area contributed by atoms with Crippen molar-refractivity contribution in [2.45, 2.75) is 258 Å². The Morgan fingerprint density at radius 2 is 0.529 bits per heavy atom. The molecule has 0 aromatic carbocycles. The summed E-state index contributed by atoms with van der Waals surface area (Å²) in [6.45, 7) is 6.57. The van der Waals surface area contributed by atoms with Gasteiger partial charge >= 0.3 is 17.9 Å². The van der Waals surface area contributed by atoms with Crippen LogP contribution in [0.2, 0.25) is 0 Å². The van der Waals surface area contributed by atoms with Gasteiger partial charge in [-0.15, -0.1) is 0 Å². The first-order chi connectivity index (χ1) is 25.0. The van der Waals surface area contributed by atoms with E-state index in [2.05, 4.69) is 20.8 Å². The molecule has 0 aromatic rings. The van der Waals surface area contributed by atoms with Crippen molar-refractivity contribution in [3.05, 3.63) is 0 Å². The molecule has 0 spiro atoms. The highest BCUT2D eigenvalue weighted by molar-refractivity contribution is 5.71. The summed E-state index contributed by atoms with van der Waals surface area (Å²) in [6, 6.07) is 0. The fourth-order valence-electron chi connectivity index (χ4n) is 6.68. The van der Waals surface area contributed by atoms with Gasteiger partial charge in [-0.2, -0.15) is 0 Å². The van der Waals surface area contributed by atoms with Crippen LogP contribution in [0.5, 0.6) is 0 Å². The molecule has 0 rings (SSSR count). The molecule has 0 fully saturated rings. The maximum Gasteiger partial charge on any atom is 0.306 e. The van der Waals surface area contributed by atoms with Crippen LogP contribution in [0.3, 0.4) is 0 Å². The largest absolute Gasteiger partial charge is 0.462 e. The number of ether oxygens (including phenoxy) is 3. The van der Waals surface area contributed by atoms with Gasteiger partial charge in [0, 0.05) is 19.3 Å². The van der Waals surface area contributed by atoms with E-state index in [0.29, 0.717) is 19.3 Å². The van der Waals surface area contributed by atoms with E-state index in [1.165, 1.54) is 154 Å². The molecule has 302 valence electrons. The van der Waals surface area contributed by atoms with E-state index in [4.69, 9.17) is 14.2 Å². The average Bonchev–Trinajstić information content (AvgIpc) is 3.12. The second kappa shape index (κ2) is 41.2. The van der Waals surface area contributed by atoms with Gasteiger partial charge in [0.1, 0.15) is 13.2 Å². The molecule has 0 aromatic heterocycles. The molecule has 0 radical (unpaired) electrons. The molecular weight excluding hydrogens is 636 g/mol. The highest BCUT2D eigenvalue weighted by Crippen LogP contribution is 2.16. The summed E-state index contributed by atoms with van der Waals surface area (Å²) in [7, 11) is 0. The summed E-state index contributed by atoms with van der Waals surface area (Å²) in [6.07, 6.45) is 41.2. The van der Waals surface area contributed by atoms with Crippen LogP contribution < -0.4 is 0 Å². The van der Waals surface area contributed by atoms with Gasteiger partial charge in [0.25, 0.3) is 0 Å². The lowest BCUT2D eigenvalue weighted by molar-refractivity contribution is -0.167. The van der Waals surface area contributed by atoms with E-state index in [0.717, 1.165) is 57.8 Å². The van der Waals surface area contributed by atoms with E-state index >= 15 is 0 Å². The van der Waals surface area contributed by atoms with Crippen LogP contribution in [0.25, 0.3) is 0 Å². The first-order valence-electron chi connectivity index (χ1n) is 22.5. The lowest BCUT2D eigenvalue weighted by Gasteiger charge is -2.18. The maximum absolute atomic E-state index is 12.6. The van der Waals surface area contributed by atoms with Crippen molar-refractivity contribution in [3.63, 3.8) is 0 Å². The van der Waals surface area contributed by atoms with Crippen LogP contribution in [0.4, 0.5) is 0 Å². The van der Waals surface area contributed by atoms with Crippen molar-refractivity contribution in [1.29, 1.82) is 0 Å². The summed E-state index contributed by atoms with van der Waals surface area (Å²) in [5.74, 6) is -0.867. The number of hydrogen-bond acceptors (Lipinski definition) is 6. The molecule has 0 aliphatic rings. The van der Waals surface area contributed by atoms with Crippen molar-refractivity contribution >= 4 is 17.9 Å². The summed E-state index contributed by atoms with van der Waals surface area (Å²) in [4.78, 5) is 37.4. The molecule has 0 N–H and O–H groups in total. The van der Waals surface area contributed by atoms with Gasteiger partial charge in [-0.1, -0.05) is 213 Å². The van der Waals surface area contributed by atoms with Crippen molar-refractivity contribution in [1.82, 2.24) is 0 Å². The van der Waals surface area contributed by atoms with Gasteiger partial charge in [0.2, 0.25) is 0 Å². The quantitative estimate of drug-likeness (QED) is 0.0355. The number of carbonyl (C=O) groups is 3. The van der Waals surface area contributed by atoms with Crippen LogP contribution in [0, 0.1) is 0 Å². The highest BCUT2D eigenvalue weighted by atomic mass is 16.6. The van der Waals surface area contributed by atoms with Gasteiger partial charge in [-0.3, -0.25) is 14.4 Å². The monoisotopic (exact) mass is 723 g/mol. The van der Waals surface area contributed by atoms with Crippen LogP contribution in [-0.2, 0) is 28.6 Å². The Kier molecular flexibility index (Phi) is 39.9. The number of carbonyl (C=O) groups excluding carboxylic acids is 3. The van der Waals surface area contributed by atoms with Gasteiger partial charge in [0.15, 0.2) is 6.10 Å². The second-order valence-corrected chi connectivity index (χ2v) is 15.3. The minimum atomic E-state index is -0.755. The van der Waals surface area contributed by atoms with E-state index in [1.807, 2.05) is 0 Å². The SMILES string of the molecule is CCCCCCCCCCCCCCCCCCCCCC(=O)OC[C@H](COC(=O)CCCCCCCCC)OC(=O)CCCCCCCCC. The highest BCUT2D eigenvalue weighted by Gasteiger charge is 2.19. The van der Waals surface area contributed by atoms with Crippen LogP contribution in [-0.4, -0.2) is 37.2 Å². The van der Waals surface area contributed by atoms with Crippen molar-refractivity contribution in [2.24, 2.45) is 0 Å². The topological polar surface area (TPSA) is 78.9 Å². The van der Waals surface area contributed by atoms with Crippen LogP contribution in [0.1, 0.15) is 252 Å². The molecule has 0 aliphatic heterocycles. The zero-order chi connectivity index (χ0) is 37.3. The fourth-order valence-corrected chi connectivity index (χ4v) is 6.68. The number of unbranched alkanes of at least 4 members (excludes halogenated alkanes) is 30. The van der Waals surface area contributed by atoms with Crippen molar-refractivity contribution in [3.8, 4) is 0 Å².